The van der Waals surface area contributed by atoms with Crippen LogP contribution < -0.4 is 15.2 Å². The zero-order chi connectivity index (χ0) is 17.8. The van der Waals surface area contributed by atoms with Gasteiger partial charge in [-0.1, -0.05) is 54.3 Å². The molecule has 0 bridgehead atoms. The van der Waals surface area contributed by atoms with Gasteiger partial charge in [0.05, 0.1) is 10.9 Å². The van der Waals surface area contributed by atoms with Crippen molar-refractivity contribution in [2.45, 2.75) is 6.61 Å². The summed E-state index contributed by atoms with van der Waals surface area (Å²) in [6.45, 7) is 0.244. The van der Waals surface area contributed by atoms with Crippen LogP contribution in [0.5, 0.6) is 5.75 Å². The highest BCUT2D eigenvalue weighted by molar-refractivity contribution is 8.26. The molecule has 1 aliphatic rings. The van der Waals surface area contributed by atoms with Gasteiger partial charge < -0.3 is 20.0 Å². The molecule has 1 fully saturated rings. The molecule has 0 aliphatic carbocycles. The van der Waals surface area contributed by atoms with E-state index in [4.69, 9.17) is 17.0 Å². The number of carboxylic acid groups (broad SMARTS) is 1. The van der Waals surface area contributed by atoms with Crippen LogP contribution in [-0.2, 0) is 11.4 Å². The molecule has 3 rings (SSSR count). The molecule has 0 spiro atoms. The zero-order valence-electron chi connectivity index (χ0n) is 12.9. The van der Waals surface area contributed by atoms with Crippen LogP contribution in [0.3, 0.4) is 0 Å². The van der Waals surface area contributed by atoms with E-state index in [9.17, 15) is 14.7 Å². The first-order valence-corrected chi connectivity index (χ1v) is 8.52. The number of carbonyl (C=O) groups excluding carboxylic acids is 2. The first kappa shape index (κ1) is 17.2. The molecule has 1 N–H and O–H groups in total. The molecule has 1 saturated heterocycles. The molecule has 0 radical (unpaired) electrons. The van der Waals surface area contributed by atoms with Crippen molar-refractivity contribution in [3.63, 3.8) is 0 Å². The van der Waals surface area contributed by atoms with Crippen molar-refractivity contribution in [3.8, 4) is 5.75 Å². The van der Waals surface area contributed by atoms with E-state index in [1.165, 1.54) is 23.9 Å². The van der Waals surface area contributed by atoms with Crippen LogP contribution in [0, 0.1) is 0 Å². The lowest BCUT2D eigenvalue weighted by Crippen LogP contribution is -2.22. The number of thioether (sulfide) groups is 1. The molecule has 0 aromatic heterocycles. The first-order chi connectivity index (χ1) is 12.0. The number of ether oxygens (including phenoxy) is 1. The van der Waals surface area contributed by atoms with Crippen LogP contribution in [0.15, 0.2) is 53.4 Å². The van der Waals surface area contributed by atoms with E-state index in [0.717, 1.165) is 11.1 Å². The monoisotopic (exact) mass is 370 g/mol. The Kier molecular flexibility index (Phi) is 5.16. The third kappa shape index (κ3) is 4.46. The maximum absolute atomic E-state index is 11.6. The molecule has 25 heavy (non-hydrogen) atoms. The standard InChI is InChI=1S/C18H13NO4S2/c20-16-15(25-18(24)19-16)9-11-4-6-14(7-5-11)23-10-12-2-1-3-13(8-12)17(21)22/h1-9H,10H2,(H,21,22)(H,19,20,24)/p-1/b15-9-. The predicted molar refractivity (Wildman–Crippen MR) is 97.9 cm³/mol. The molecule has 126 valence electrons. The van der Waals surface area contributed by atoms with Crippen LogP contribution in [0.1, 0.15) is 21.5 Å². The van der Waals surface area contributed by atoms with E-state index < -0.39 is 5.97 Å². The molecule has 0 atom stereocenters. The average Bonchev–Trinajstić information content (AvgIpc) is 2.92. The normalized spacial score (nSPS) is 15.3. The van der Waals surface area contributed by atoms with Crippen LogP contribution in [0.4, 0.5) is 0 Å². The number of hydrogen-bond donors (Lipinski definition) is 1. The SMILES string of the molecule is O=C1NC(=S)S/C1=C\c1ccc(OCc2cccc(C(=O)[O-])c2)cc1. The lowest BCUT2D eigenvalue weighted by Gasteiger charge is -2.08. The third-order valence-electron chi connectivity index (χ3n) is 3.39. The summed E-state index contributed by atoms with van der Waals surface area (Å²) in [7, 11) is 0. The second kappa shape index (κ2) is 7.50. The fourth-order valence-electron chi connectivity index (χ4n) is 2.19. The van der Waals surface area contributed by atoms with Gasteiger partial charge in [-0.15, -0.1) is 0 Å². The number of amides is 1. The summed E-state index contributed by atoms with van der Waals surface area (Å²) in [4.78, 5) is 23.0. The third-order valence-corrected chi connectivity index (χ3v) is 4.55. The number of benzene rings is 2. The Morgan fingerprint density at radius 3 is 2.64 bits per heavy atom. The second-order valence-electron chi connectivity index (χ2n) is 5.20. The number of rotatable bonds is 5. The fourth-order valence-corrected chi connectivity index (χ4v) is 3.23. The zero-order valence-corrected chi connectivity index (χ0v) is 14.5. The molecule has 5 nitrogen and oxygen atoms in total. The van der Waals surface area contributed by atoms with Crippen LogP contribution in [-0.4, -0.2) is 16.2 Å². The van der Waals surface area contributed by atoms with Crippen molar-refractivity contribution >= 4 is 46.3 Å². The highest BCUT2D eigenvalue weighted by atomic mass is 32.2. The van der Waals surface area contributed by atoms with Gasteiger partial charge in [0.25, 0.3) is 5.91 Å². The van der Waals surface area contributed by atoms with Gasteiger partial charge in [-0.2, -0.15) is 0 Å². The van der Waals surface area contributed by atoms with E-state index in [1.807, 2.05) is 12.1 Å². The highest BCUT2D eigenvalue weighted by Gasteiger charge is 2.21. The summed E-state index contributed by atoms with van der Waals surface area (Å²) in [6.07, 6.45) is 1.76. The summed E-state index contributed by atoms with van der Waals surface area (Å²) in [6, 6.07) is 13.6. The van der Waals surface area contributed by atoms with E-state index in [-0.39, 0.29) is 18.1 Å². The van der Waals surface area contributed by atoms with Crippen molar-refractivity contribution in [1.82, 2.24) is 5.32 Å². The van der Waals surface area contributed by atoms with E-state index in [0.29, 0.717) is 15.0 Å². The van der Waals surface area contributed by atoms with Gasteiger partial charge >= 0.3 is 0 Å². The Hall–Kier alpha value is -2.64. The number of carbonyl (C=O) groups is 2. The van der Waals surface area contributed by atoms with Crippen LogP contribution >= 0.6 is 24.0 Å². The Labute approximate surface area is 153 Å². The molecule has 1 aliphatic heterocycles. The van der Waals surface area contributed by atoms with Crippen molar-refractivity contribution in [2.75, 3.05) is 0 Å². The highest BCUT2D eigenvalue weighted by Crippen LogP contribution is 2.26. The summed E-state index contributed by atoms with van der Waals surface area (Å²) < 4.78 is 6.10. The maximum atomic E-state index is 11.6. The van der Waals surface area contributed by atoms with Crippen molar-refractivity contribution in [3.05, 3.63) is 70.1 Å². The van der Waals surface area contributed by atoms with Crippen molar-refractivity contribution in [2.24, 2.45) is 0 Å². The molecule has 0 saturated carbocycles. The quantitative estimate of drug-likeness (QED) is 0.642. The lowest BCUT2D eigenvalue weighted by molar-refractivity contribution is -0.255. The number of nitrogens with one attached hydrogen (secondary N) is 1. The minimum atomic E-state index is -1.22. The van der Waals surface area contributed by atoms with E-state index in [1.54, 1.807) is 30.3 Å². The topological polar surface area (TPSA) is 78.5 Å². The largest absolute Gasteiger partial charge is 0.545 e. The first-order valence-electron chi connectivity index (χ1n) is 7.29. The Morgan fingerprint density at radius 2 is 2.00 bits per heavy atom. The van der Waals surface area contributed by atoms with Gasteiger partial charge in [0, 0.05) is 0 Å². The maximum Gasteiger partial charge on any atom is 0.263 e. The molecular weight excluding hydrogens is 358 g/mol. The van der Waals surface area contributed by atoms with Crippen LogP contribution in [0.25, 0.3) is 6.08 Å². The Morgan fingerprint density at radius 1 is 1.24 bits per heavy atom. The molecule has 2 aromatic rings. The Bertz CT molecular complexity index is 875. The van der Waals surface area contributed by atoms with Crippen LogP contribution in [0.2, 0.25) is 0 Å². The predicted octanol–water partition coefficient (Wildman–Crippen LogP) is 2.12. The molecule has 0 unspecified atom stereocenters. The minimum absolute atomic E-state index is 0.119. The average molecular weight is 370 g/mol. The number of thiocarbonyl (C=S) groups is 1. The molecular formula is C18H12NO4S2-. The summed E-state index contributed by atoms with van der Waals surface area (Å²) in [5.41, 5.74) is 1.71. The minimum Gasteiger partial charge on any atom is -0.545 e. The Balaban J connectivity index is 1.64. The second-order valence-corrected chi connectivity index (χ2v) is 6.92. The number of carboxylic acids is 1. The van der Waals surface area contributed by atoms with Gasteiger partial charge in [0.1, 0.15) is 16.7 Å². The fraction of sp³-hybridized carbons (Fsp3) is 0.0556. The lowest BCUT2D eigenvalue weighted by atomic mass is 10.1. The number of hydrogen-bond acceptors (Lipinski definition) is 6. The van der Waals surface area contributed by atoms with E-state index >= 15 is 0 Å². The van der Waals surface area contributed by atoms with Crippen molar-refractivity contribution in [1.29, 1.82) is 0 Å². The summed E-state index contributed by atoms with van der Waals surface area (Å²) in [5.74, 6) is -0.768. The van der Waals surface area contributed by atoms with E-state index in [2.05, 4.69) is 5.32 Å². The van der Waals surface area contributed by atoms with Gasteiger partial charge in [-0.05, 0) is 41.0 Å². The van der Waals surface area contributed by atoms with Gasteiger partial charge in [-0.3, -0.25) is 4.79 Å². The molecule has 1 amide bonds. The van der Waals surface area contributed by atoms with Gasteiger partial charge in [-0.25, -0.2) is 0 Å². The summed E-state index contributed by atoms with van der Waals surface area (Å²) >= 11 is 6.18. The molecule has 2 aromatic carbocycles. The van der Waals surface area contributed by atoms with Crippen molar-refractivity contribution < 1.29 is 19.4 Å². The smallest absolute Gasteiger partial charge is 0.263 e. The molecule has 7 heteroatoms. The van der Waals surface area contributed by atoms with Gasteiger partial charge in [0.2, 0.25) is 0 Å². The summed E-state index contributed by atoms with van der Waals surface area (Å²) in [5, 5.41) is 13.4. The van der Waals surface area contributed by atoms with Gasteiger partial charge in [0.15, 0.2) is 0 Å². The molecule has 1 heterocycles. The number of aromatic carboxylic acids is 1.